The first-order chi connectivity index (χ1) is 17.0. The van der Waals surface area contributed by atoms with Crippen molar-refractivity contribution in [3.63, 3.8) is 0 Å². The van der Waals surface area contributed by atoms with Gasteiger partial charge in [0.2, 0.25) is 0 Å². The largest absolute Gasteiger partial charge is 0.300 e. The van der Waals surface area contributed by atoms with Crippen molar-refractivity contribution in [1.82, 2.24) is 4.98 Å². The molecule has 2 aliphatic rings. The highest BCUT2D eigenvalue weighted by Gasteiger charge is 2.28. The van der Waals surface area contributed by atoms with E-state index < -0.39 is 0 Å². The van der Waals surface area contributed by atoms with Gasteiger partial charge >= 0.3 is 0 Å². The zero-order valence-electron chi connectivity index (χ0n) is 22.1. The predicted molar refractivity (Wildman–Crippen MR) is 149 cm³/mol. The number of fused-ring (bicyclic) bond motifs is 1. The number of pyridine rings is 1. The summed E-state index contributed by atoms with van der Waals surface area (Å²) in [6.07, 6.45) is 22.8. The Morgan fingerprint density at radius 1 is 1.23 bits per heavy atom. The minimum Gasteiger partial charge on any atom is -0.300 e. The molecule has 0 saturated heterocycles. The first-order valence-corrected chi connectivity index (χ1v) is 13.9. The highest BCUT2D eigenvalue weighted by Crippen LogP contribution is 2.40. The molecule has 4 rings (SSSR count). The second-order valence-electron chi connectivity index (χ2n) is 11.3. The molecule has 2 nitrogen and oxygen atoms in total. The number of ketones is 1. The van der Waals surface area contributed by atoms with Crippen molar-refractivity contribution in [3.8, 4) is 0 Å². The zero-order chi connectivity index (χ0) is 24.6. The molecule has 1 aromatic carbocycles. The molecule has 1 unspecified atom stereocenters. The SMILES string of the molecule is Cc1cnc(C2CCC[C@@H](CC(=O)CCc3cccc(/C=C\CCC(C)C)c3)C2)c2c1CCC=C2. The van der Waals surface area contributed by atoms with Crippen LogP contribution in [0.25, 0.3) is 12.2 Å². The number of aromatic nitrogens is 1. The first kappa shape index (κ1) is 25.6. The van der Waals surface area contributed by atoms with E-state index in [1.54, 1.807) is 0 Å². The molecule has 1 fully saturated rings. The maximum atomic E-state index is 12.9. The maximum absolute atomic E-state index is 12.9. The third-order valence-corrected chi connectivity index (χ3v) is 7.87. The van der Waals surface area contributed by atoms with E-state index in [1.807, 2.05) is 0 Å². The average Bonchev–Trinajstić information content (AvgIpc) is 2.86. The van der Waals surface area contributed by atoms with Crippen LogP contribution in [0.1, 0.15) is 111 Å². The minimum atomic E-state index is 0.423. The second-order valence-corrected chi connectivity index (χ2v) is 11.3. The number of carbonyl (C=O) groups excluding carboxylic acids is 1. The Bertz CT molecular complexity index is 1060. The summed E-state index contributed by atoms with van der Waals surface area (Å²) in [7, 11) is 0. The van der Waals surface area contributed by atoms with Gasteiger partial charge in [0.15, 0.2) is 0 Å². The van der Waals surface area contributed by atoms with Gasteiger partial charge in [-0.3, -0.25) is 9.78 Å². The lowest BCUT2D eigenvalue weighted by Gasteiger charge is -2.30. The van der Waals surface area contributed by atoms with Crippen LogP contribution >= 0.6 is 0 Å². The van der Waals surface area contributed by atoms with Crippen LogP contribution in [-0.4, -0.2) is 10.8 Å². The summed E-state index contributed by atoms with van der Waals surface area (Å²) >= 11 is 0. The smallest absolute Gasteiger partial charge is 0.133 e. The van der Waals surface area contributed by atoms with E-state index in [-0.39, 0.29) is 0 Å². The van der Waals surface area contributed by atoms with Crippen LogP contribution in [0.4, 0.5) is 0 Å². The number of allylic oxidation sites excluding steroid dienone is 2. The Hall–Kier alpha value is -2.48. The molecule has 0 bridgehead atoms. The van der Waals surface area contributed by atoms with E-state index in [4.69, 9.17) is 4.98 Å². The first-order valence-electron chi connectivity index (χ1n) is 13.9. The van der Waals surface area contributed by atoms with Gasteiger partial charge in [0.25, 0.3) is 0 Å². The average molecular weight is 470 g/mol. The molecule has 2 aromatic rings. The van der Waals surface area contributed by atoms with Crippen LogP contribution in [-0.2, 0) is 17.6 Å². The van der Waals surface area contributed by atoms with Gasteiger partial charge in [-0.2, -0.15) is 0 Å². The fraction of sp³-hybridized carbons (Fsp3) is 0.515. The number of carbonyl (C=O) groups is 1. The summed E-state index contributed by atoms with van der Waals surface area (Å²) in [5.41, 5.74) is 8.01. The van der Waals surface area contributed by atoms with Crippen LogP contribution in [0.15, 0.2) is 42.6 Å². The molecule has 1 aromatic heterocycles. The molecule has 0 spiro atoms. The summed E-state index contributed by atoms with van der Waals surface area (Å²) in [6, 6.07) is 8.69. The van der Waals surface area contributed by atoms with Gasteiger partial charge in [0.05, 0.1) is 5.69 Å². The van der Waals surface area contributed by atoms with Crippen LogP contribution in [0.3, 0.4) is 0 Å². The Kier molecular flexibility index (Phi) is 9.12. The summed E-state index contributed by atoms with van der Waals surface area (Å²) in [5, 5.41) is 0. The molecular formula is C33H43NO. The van der Waals surface area contributed by atoms with Crippen LogP contribution < -0.4 is 0 Å². The van der Waals surface area contributed by atoms with Gasteiger partial charge in [-0.1, -0.05) is 68.8 Å². The molecule has 1 saturated carbocycles. The van der Waals surface area contributed by atoms with Gasteiger partial charge in [-0.15, -0.1) is 0 Å². The molecular weight excluding hydrogens is 426 g/mol. The van der Waals surface area contributed by atoms with Crippen molar-refractivity contribution < 1.29 is 4.79 Å². The van der Waals surface area contributed by atoms with Crippen LogP contribution in [0, 0.1) is 18.8 Å². The monoisotopic (exact) mass is 469 g/mol. The quantitative estimate of drug-likeness (QED) is 0.348. The van der Waals surface area contributed by atoms with Crippen molar-refractivity contribution in [2.24, 2.45) is 11.8 Å². The molecule has 2 atom stereocenters. The molecule has 0 amide bonds. The number of hydrogen-bond acceptors (Lipinski definition) is 2. The summed E-state index contributed by atoms with van der Waals surface area (Å²) < 4.78 is 0. The molecule has 2 aliphatic carbocycles. The lowest BCUT2D eigenvalue weighted by atomic mass is 9.75. The molecule has 0 N–H and O–H groups in total. The zero-order valence-corrected chi connectivity index (χ0v) is 22.1. The predicted octanol–water partition coefficient (Wildman–Crippen LogP) is 8.66. The Labute approximate surface area is 213 Å². The number of Topliss-reactive ketones (excluding diaryl/α,β-unsaturated/α-hetero) is 1. The highest BCUT2D eigenvalue weighted by atomic mass is 16.1. The highest BCUT2D eigenvalue weighted by molar-refractivity contribution is 5.79. The number of benzene rings is 1. The van der Waals surface area contributed by atoms with Crippen molar-refractivity contribution >= 4 is 17.9 Å². The molecule has 35 heavy (non-hydrogen) atoms. The third-order valence-electron chi connectivity index (χ3n) is 7.87. The molecule has 1 heterocycles. The number of nitrogens with zero attached hydrogens (tertiary/aromatic N) is 1. The molecule has 186 valence electrons. The Balaban J connectivity index is 1.30. The van der Waals surface area contributed by atoms with E-state index in [9.17, 15) is 4.79 Å². The van der Waals surface area contributed by atoms with Crippen molar-refractivity contribution in [3.05, 3.63) is 76.1 Å². The second kappa shape index (κ2) is 12.5. The van der Waals surface area contributed by atoms with E-state index in [2.05, 4.69) is 75.5 Å². The summed E-state index contributed by atoms with van der Waals surface area (Å²) in [6.45, 7) is 6.72. The number of hydrogen-bond donors (Lipinski definition) is 0. The maximum Gasteiger partial charge on any atom is 0.133 e. The van der Waals surface area contributed by atoms with Crippen LogP contribution in [0.2, 0.25) is 0 Å². The lowest BCUT2D eigenvalue weighted by molar-refractivity contribution is -0.120. The summed E-state index contributed by atoms with van der Waals surface area (Å²) in [5.74, 6) is 2.17. The topological polar surface area (TPSA) is 30.0 Å². The van der Waals surface area contributed by atoms with Gasteiger partial charge in [0, 0.05) is 25.0 Å². The van der Waals surface area contributed by atoms with E-state index in [0.29, 0.717) is 24.0 Å². The molecule has 0 aliphatic heterocycles. The van der Waals surface area contributed by atoms with E-state index in [1.165, 1.54) is 59.2 Å². The van der Waals surface area contributed by atoms with Gasteiger partial charge in [-0.05, 0) is 97.9 Å². The third kappa shape index (κ3) is 7.26. The van der Waals surface area contributed by atoms with E-state index in [0.717, 1.165) is 44.4 Å². The molecule has 0 radical (unpaired) electrons. The Morgan fingerprint density at radius 3 is 2.97 bits per heavy atom. The normalized spacial score (nSPS) is 19.9. The molecule has 2 heteroatoms. The van der Waals surface area contributed by atoms with Gasteiger partial charge in [-0.25, -0.2) is 0 Å². The number of rotatable bonds is 10. The lowest BCUT2D eigenvalue weighted by Crippen LogP contribution is -2.20. The van der Waals surface area contributed by atoms with E-state index >= 15 is 0 Å². The van der Waals surface area contributed by atoms with Crippen molar-refractivity contribution in [2.75, 3.05) is 0 Å². The van der Waals surface area contributed by atoms with Crippen molar-refractivity contribution in [1.29, 1.82) is 0 Å². The standard InChI is InChI=1S/C33H43NO/c1-24(2)10-4-5-11-26-12-8-13-27(20-26)18-19-30(35)22-28-14-9-15-29(21-28)33-32-17-7-6-16-31(32)25(3)23-34-33/h5,7-8,11-13,17,20,23-24,28-29H,4,6,9-10,14-16,18-19,21-22H2,1-3H3/b11-5-/t28-,29?/m1/s1. The fourth-order valence-electron chi connectivity index (χ4n) is 5.89. The van der Waals surface area contributed by atoms with Gasteiger partial charge in [0.1, 0.15) is 5.78 Å². The minimum absolute atomic E-state index is 0.423. The number of aryl methyl sites for hydroxylation is 2. The Morgan fingerprint density at radius 2 is 2.11 bits per heavy atom. The van der Waals surface area contributed by atoms with Crippen LogP contribution in [0.5, 0.6) is 0 Å². The van der Waals surface area contributed by atoms with Crippen molar-refractivity contribution in [2.45, 2.75) is 97.3 Å². The van der Waals surface area contributed by atoms with Gasteiger partial charge < -0.3 is 0 Å². The summed E-state index contributed by atoms with van der Waals surface area (Å²) in [4.78, 5) is 17.8. The fourth-order valence-corrected chi connectivity index (χ4v) is 5.89.